The molecule has 5 nitrogen and oxygen atoms in total. The van der Waals surface area contributed by atoms with Crippen LogP contribution in [0.1, 0.15) is 15.9 Å². The lowest BCUT2D eigenvalue weighted by molar-refractivity contribution is -0.858. The number of likely N-dealkylation sites (N-methyl/N-ethyl adjacent to an activating group) is 1. The number of hydrogen-bond acceptors (Lipinski definition) is 3. The summed E-state index contributed by atoms with van der Waals surface area (Å²) >= 11 is 0. The van der Waals surface area contributed by atoms with E-state index in [4.69, 9.17) is 4.74 Å². The van der Waals surface area contributed by atoms with Crippen molar-refractivity contribution in [1.82, 2.24) is 4.98 Å². The number of aromatic amines is 1. The number of nitrogens with one attached hydrogen (secondary N) is 2. The minimum atomic E-state index is -4.78. The van der Waals surface area contributed by atoms with E-state index in [1.807, 2.05) is 12.3 Å². The molecule has 0 aliphatic rings. The van der Waals surface area contributed by atoms with Gasteiger partial charge in [-0.3, -0.25) is 0 Å². The van der Waals surface area contributed by atoms with E-state index in [2.05, 4.69) is 23.8 Å². The van der Waals surface area contributed by atoms with E-state index >= 15 is 0 Å². The number of carbonyl (C=O) groups is 1. The van der Waals surface area contributed by atoms with Gasteiger partial charge in [-0.15, -0.1) is 13.2 Å². The van der Waals surface area contributed by atoms with E-state index in [1.165, 1.54) is 17.0 Å². The number of ether oxygens (including phenoxy) is 2. The first-order valence-electron chi connectivity index (χ1n) is 8.69. The lowest BCUT2D eigenvalue weighted by Gasteiger charge is -2.10. The number of aromatic nitrogens is 1. The highest BCUT2D eigenvalue weighted by atomic mass is 127. The monoisotopic (exact) mass is 520 g/mol. The first kappa shape index (κ1) is 23.0. The molecular formula is C20H20F3IN2O3. The number of alkyl halides is 3. The van der Waals surface area contributed by atoms with E-state index in [0.717, 1.165) is 41.6 Å². The number of halogens is 4. The molecule has 1 heterocycles. The Morgan fingerprint density at radius 2 is 1.79 bits per heavy atom. The first-order chi connectivity index (χ1) is 13.2. The highest BCUT2D eigenvalue weighted by Crippen LogP contribution is 2.30. The lowest BCUT2D eigenvalue weighted by atomic mass is 10.1. The van der Waals surface area contributed by atoms with Gasteiger partial charge >= 0.3 is 12.3 Å². The summed E-state index contributed by atoms with van der Waals surface area (Å²) in [5.41, 5.74) is 2.01. The SMILES string of the molecule is C[NH+](C)CCc1c[nH]c2cccc(OC(=O)c3ccc(OC(F)(F)F)cc3)c12.[I-]. The number of H-pyrrole nitrogens is 1. The number of hydrogen-bond donors (Lipinski definition) is 2. The predicted octanol–water partition coefficient (Wildman–Crippen LogP) is -0.0233. The molecule has 0 bridgehead atoms. The molecule has 29 heavy (non-hydrogen) atoms. The summed E-state index contributed by atoms with van der Waals surface area (Å²) in [6.07, 6.45) is -2.08. The Hall–Kier alpha value is -2.27. The molecule has 0 amide bonds. The van der Waals surface area contributed by atoms with E-state index in [0.29, 0.717) is 5.75 Å². The van der Waals surface area contributed by atoms with Crippen molar-refractivity contribution in [2.75, 3.05) is 20.6 Å². The summed E-state index contributed by atoms with van der Waals surface area (Å²) in [6.45, 7) is 0.913. The Bertz CT molecular complexity index is 969. The smallest absolute Gasteiger partial charge is 0.573 e. The first-order valence-corrected chi connectivity index (χ1v) is 8.69. The second-order valence-electron chi connectivity index (χ2n) is 6.66. The van der Waals surface area contributed by atoms with Crippen LogP contribution in [0.4, 0.5) is 13.2 Å². The predicted molar refractivity (Wildman–Crippen MR) is 97.8 cm³/mol. The quantitative estimate of drug-likeness (QED) is 0.273. The normalized spacial score (nSPS) is 11.4. The number of rotatable bonds is 6. The van der Waals surface area contributed by atoms with Crippen LogP contribution >= 0.6 is 0 Å². The van der Waals surface area contributed by atoms with E-state index in [-0.39, 0.29) is 29.5 Å². The van der Waals surface area contributed by atoms with Gasteiger partial charge in [0.1, 0.15) is 11.5 Å². The van der Waals surface area contributed by atoms with Gasteiger partial charge in [-0.25, -0.2) is 4.79 Å². The van der Waals surface area contributed by atoms with Crippen molar-refractivity contribution in [2.24, 2.45) is 0 Å². The molecule has 1 aromatic heterocycles. The maximum absolute atomic E-state index is 12.5. The van der Waals surface area contributed by atoms with Gasteiger partial charge in [0.05, 0.1) is 26.2 Å². The molecule has 0 saturated carbocycles. The van der Waals surface area contributed by atoms with Gasteiger partial charge < -0.3 is 43.3 Å². The fourth-order valence-electron chi connectivity index (χ4n) is 2.84. The van der Waals surface area contributed by atoms with E-state index in [9.17, 15) is 18.0 Å². The molecule has 9 heteroatoms. The van der Waals surface area contributed by atoms with Crippen molar-refractivity contribution in [3.63, 3.8) is 0 Å². The summed E-state index contributed by atoms with van der Waals surface area (Å²) in [4.78, 5) is 16.9. The Labute approximate surface area is 182 Å². The molecule has 0 atom stereocenters. The van der Waals surface area contributed by atoms with Crippen molar-refractivity contribution < 1.29 is 56.3 Å². The molecule has 0 saturated heterocycles. The molecule has 2 N–H and O–H groups in total. The number of fused-ring (bicyclic) bond motifs is 1. The molecule has 0 aliphatic heterocycles. The largest absolute Gasteiger partial charge is 1.00 e. The zero-order valence-corrected chi connectivity index (χ0v) is 17.9. The average molecular weight is 520 g/mol. The standard InChI is InChI=1S/C20H19F3N2O3.HI/c1-25(2)11-10-14-12-24-16-4-3-5-17(18(14)16)27-19(26)13-6-8-15(9-7-13)28-20(21,22)23;/h3-9,12,24H,10-11H2,1-2H3;1H. The van der Waals surface area contributed by atoms with Crippen molar-refractivity contribution >= 4 is 16.9 Å². The number of quaternary nitrogens is 1. The van der Waals surface area contributed by atoms with Crippen molar-refractivity contribution in [2.45, 2.75) is 12.8 Å². The van der Waals surface area contributed by atoms with Gasteiger partial charge in [0.15, 0.2) is 0 Å². The Balaban J connectivity index is 0.00000300. The minimum absolute atomic E-state index is 0. The summed E-state index contributed by atoms with van der Waals surface area (Å²) in [5.74, 6) is -0.648. The van der Waals surface area contributed by atoms with Gasteiger partial charge in [0.2, 0.25) is 0 Å². The highest BCUT2D eigenvalue weighted by molar-refractivity contribution is 5.96. The van der Waals surface area contributed by atoms with E-state index < -0.39 is 18.1 Å². The number of benzene rings is 2. The zero-order chi connectivity index (χ0) is 20.3. The number of esters is 1. The second-order valence-corrected chi connectivity index (χ2v) is 6.66. The van der Waals surface area contributed by atoms with Crippen molar-refractivity contribution in [3.8, 4) is 11.5 Å². The maximum Gasteiger partial charge on any atom is 0.573 e. The maximum atomic E-state index is 12.5. The fraction of sp³-hybridized carbons (Fsp3) is 0.250. The van der Waals surface area contributed by atoms with Gasteiger partial charge in [0.25, 0.3) is 0 Å². The summed E-state index contributed by atoms with van der Waals surface area (Å²) < 4.78 is 46.1. The summed E-state index contributed by atoms with van der Waals surface area (Å²) in [5, 5.41) is 0.828. The van der Waals surface area contributed by atoms with Gasteiger partial charge in [-0.1, -0.05) is 6.07 Å². The van der Waals surface area contributed by atoms with Crippen molar-refractivity contribution in [1.29, 1.82) is 0 Å². The highest BCUT2D eigenvalue weighted by Gasteiger charge is 2.31. The van der Waals surface area contributed by atoms with Crippen LogP contribution in [0.5, 0.6) is 11.5 Å². The third-order valence-corrected chi connectivity index (χ3v) is 4.17. The Morgan fingerprint density at radius 1 is 1.10 bits per heavy atom. The molecule has 3 aromatic rings. The molecular weight excluding hydrogens is 500 g/mol. The topological polar surface area (TPSA) is 55.8 Å². The third-order valence-electron chi connectivity index (χ3n) is 4.17. The van der Waals surface area contributed by atoms with Gasteiger partial charge in [-0.2, -0.15) is 0 Å². The molecule has 0 unspecified atom stereocenters. The van der Waals surface area contributed by atoms with Gasteiger partial charge in [0, 0.05) is 23.5 Å². The molecule has 156 valence electrons. The molecule has 0 spiro atoms. The van der Waals surface area contributed by atoms with Crippen LogP contribution in [0.3, 0.4) is 0 Å². The van der Waals surface area contributed by atoms with Crippen LogP contribution in [0.2, 0.25) is 0 Å². The van der Waals surface area contributed by atoms with Crippen LogP contribution in [0.15, 0.2) is 48.7 Å². The van der Waals surface area contributed by atoms with Crippen LogP contribution in [-0.2, 0) is 6.42 Å². The summed E-state index contributed by atoms with van der Waals surface area (Å²) in [7, 11) is 4.11. The van der Waals surface area contributed by atoms with Crippen LogP contribution in [-0.4, -0.2) is 38.0 Å². The Morgan fingerprint density at radius 3 is 2.41 bits per heavy atom. The lowest BCUT2D eigenvalue weighted by Crippen LogP contribution is -3.05. The molecule has 0 radical (unpaired) electrons. The zero-order valence-electron chi connectivity index (χ0n) is 15.8. The van der Waals surface area contributed by atoms with Gasteiger partial charge in [-0.05, 0) is 42.0 Å². The Kier molecular flexibility index (Phi) is 7.53. The average Bonchev–Trinajstić information content (AvgIpc) is 3.03. The van der Waals surface area contributed by atoms with Crippen LogP contribution < -0.4 is 38.4 Å². The molecule has 0 aliphatic carbocycles. The number of carbonyl (C=O) groups excluding carboxylic acids is 1. The third kappa shape index (κ3) is 6.10. The minimum Gasteiger partial charge on any atom is -1.00 e. The molecule has 0 fully saturated rings. The van der Waals surface area contributed by atoms with Crippen LogP contribution in [0.25, 0.3) is 10.9 Å². The van der Waals surface area contributed by atoms with E-state index in [1.54, 1.807) is 12.1 Å². The van der Waals surface area contributed by atoms with Crippen LogP contribution in [0, 0.1) is 0 Å². The van der Waals surface area contributed by atoms with Crippen molar-refractivity contribution in [3.05, 3.63) is 59.8 Å². The molecule has 3 rings (SSSR count). The molecule has 2 aromatic carbocycles. The summed E-state index contributed by atoms with van der Waals surface area (Å²) in [6, 6.07) is 9.97. The second kappa shape index (κ2) is 9.49. The fourth-order valence-corrected chi connectivity index (χ4v) is 2.84.